The molecule has 0 spiro atoms. The van der Waals surface area contributed by atoms with E-state index >= 15 is 0 Å². The number of thioether (sulfide) groups is 1. The molecule has 1 aromatic rings. The molecule has 0 bridgehead atoms. The van der Waals surface area contributed by atoms with Gasteiger partial charge in [-0.05, 0) is 19.1 Å². The van der Waals surface area contributed by atoms with Crippen molar-refractivity contribution in [2.45, 2.75) is 28.2 Å². The summed E-state index contributed by atoms with van der Waals surface area (Å²) in [5, 5.41) is 0. The summed E-state index contributed by atoms with van der Waals surface area (Å²) in [4.78, 5) is 15.3. The minimum absolute atomic E-state index is 0.0107. The number of ether oxygens (including phenoxy) is 1. The molecular formula is C11H16N2O4S3. The van der Waals surface area contributed by atoms with E-state index in [1.54, 1.807) is 11.8 Å². The van der Waals surface area contributed by atoms with Crippen molar-refractivity contribution in [2.75, 3.05) is 19.9 Å². The number of hydrogen-bond acceptors (Lipinski definition) is 7. The van der Waals surface area contributed by atoms with E-state index in [0.29, 0.717) is 6.54 Å². The van der Waals surface area contributed by atoms with Crippen LogP contribution in [0.3, 0.4) is 0 Å². The SMILES string of the molecule is COC(=O)c1ncsc1S(=O)(=O)NCC1(SC)CCC1. The molecule has 112 valence electrons. The van der Waals surface area contributed by atoms with Gasteiger partial charge >= 0.3 is 5.97 Å². The van der Waals surface area contributed by atoms with Crippen LogP contribution in [0.2, 0.25) is 0 Å². The second-order valence-corrected chi connectivity index (χ2v) is 8.64. The predicted molar refractivity (Wildman–Crippen MR) is 78.7 cm³/mol. The normalized spacial score (nSPS) is 17.5. The predicted octanol–water partition coefficient (Wildman–Crippen LogP) is 1.49. The van der Waals surface area contributed by atoms with Crippen LogP contribution >= 0.6 is 23.1 Å². The minimum atomic E-state index is -3.73. The average molecular weight is 336 g/mol. The number of methoxy groups -OCH3 is 1. The summed E-state index contributed by atoms with van der Waals surface area (Å²) in [6.07, 6.45) is 5.11. The van der Waals surface area contributed by atoms with Gasteiger partial charge in [-0.25, -0.2) is 22.9 Å². The van der Waals surface area contributed by atoms with E-state index in [1.165, 1.54) is 12.6 Å². The molecule has 1 N–H and O–H groups in total. The number of nitrogens with one attached hydrogen (secondary N) is 1. The zero-order valence-electron chi connectivity index (χ0n) is 11.2. The molecule has 1 aromatic heterocycles. The molecule has 1 fully saturated rings. The first-order chi connectivity index (χ1) is 9.44. The van der Waals surface area contributed by atoms with Gasteiger partial charge in [-0.3, -0.25) is 0 Å². The number of hydrogen-bond donors (Lipinski definition) is 1. The van der Waals surface area contributed by atoms with Gasteiger partial charge in [-0.15, -0.1) is 11.3 Å². The topological polar surface area (TPSA) is 85.4 Å². The van der Waals surface area contributed by atoms with Crippen LogP contribution in [-0.2, 0) is 14.8 Å². The zero-order valence-corrected chi connectivity index (χ0v) is 13.7. The highest BCUT2D eigenvalue weighted by atomic mass is 32.2. The molecular weight excluding hydrogens is 320 g/mol. The van der Waals surface area contributed by atoms with E-state index in [2.05, 4.69) is 14.4 Å². The first-order valence-electron chi connectivity index (χ1n) is 6.01. The highest BCUT2D eigenvalue weighted by molar-refractivity contribution is 8.00. The third-order valence-electron chi connectivity index (χ3n) is 3.44. The van der Waals surface area contributed by atoms with Gasteiger partial charge in [0.2, 0.25) is 0 Å². The van der Waals surface area contributed by atoms with E-state index in [0.717, 1.165) is 30.6 Å². The molecule has 1 aliphatic carbocycles. The van der Waals surface area contributed by atoms with E-state index < -0.39 is 16.0 Å². The van der Waals surface area contributed by atoms with E-state index in [1.807, 2.05) is 6.26 Å². The summed E-state index contributed by atoms with van der Waals surface area (Å²) in [7, 11) is -2.53. The number of esters is 1. The quantitative estimate of drug-likeness (QED) is 0.792. The number of thiazole rings is 1. The molecule has 0 amide bonds. The zero-order chi connectivity index (χ0) is 14.8. The monoisotopic (exact) mass is 336 g/mol. The second-order valence-electron chi connectivity index (χ2n) is 4.55. The molecule has 0 saturated heterocycles. The van der Waals surface area contributed by atoms with E-state index in [-0.39, 0.29) is 14.7 Å². The van der Waals surface area contributed by atoms with Crippen molar-refractivity contribution in [1.82, 2.24) is 9.71 Å². The average Bonchev–Trinajstić information content (AvgIpc) is 2.87. The lowest BCUT2D eigenvalue weighted by atomic mass is 9.84. The summed E-state index contributed by atoms with van der Waals surface area (Å²) < 4.78 is 31.6. The Morgan fingerprint density at radius 3 is 2.80 bits per heavy atom. The number of carbonyl (C=O) groups is 1. The number of rotatable bonds is 6. The second kappa shape index (κ2) is 6.00. The fraction of sp³-hybridized carbons (Fsp3) is 0.636. The van der Waals surface area contributed by atoms with Crippen LogP contribution in [0.5, 0.6) is 0 Å². The van der Waals surface area contributed by atoms with Gasteiger partial charge in [-0.2, -0.15) is 11.8 Å². The highest BCUT2D eigenvalue weighted by Crippen LogP contribution is 2.42. The summed E-state index contributed by atoms with van der Waals surface area (Å²) in [5.74, 6) is -0.741. The number of aromatic nitrogens is 1. The maximum absolute atomic E-state index is 12.3. The van der Waals surface area contributed by atoms with Gasteiger partial charge < -0.3 is 4.74 Å². The number of sulfonamides is 1. The number of carbonyl (C=O) groups excluding carboxylic acids is 1. The highest BCUT2D eigenvalue weighted by Gasteiger charge is 2.38. The van der Waals surface area contributed by atoms with Crippen LogP contribution in [0.25, 0.3) is 0 Å². The van der Waals surface area contributed by atoms with Gasteiger partial charge in [-0.1, -0.05) is 6.42 Å². The molecule has 0 aromatic carbocycles. The Bertz CT molecular complexity index is 587. The van der Waals surface area contributed by atoms with Crippen LogP contribution in [0, 0.1) is 0 Å². The molecule has 1 saturated carbocycles. The van der Waals surface area contributed by atoms with E-state index in [4.69, 9.17) is 0 Å². The molecule has 9 heteroatoms. The third kappa shape index (κ3) is 3.00. The lowest BCUT2D eigenvalue weighted by Gasteiger charge is -2.40. The fourth-order valence-corrected chi connectivity index (χ4v) is 5.28. The lowest BCUT2D eigenvalue weighted by Crippen LogP contribution is -2.45. The fourth-order valence-electron chi connectivity index (χ4n) is 1.98. The van der Waals surface area contributed by atoms with E-state index in [9.17, 15) is 13.2 Å². The van der Waals surface area contributed by atoms with Crippen molar-refractivity contribution in [1.29, 1.82) is 0 Å². The van der Waals surface area contributed by atoms with Crippen molar-refractivity contribution < 1.29 is 17.9 Å². The molecule has 2 rings (SSSR count). The Kier molecular flexibility index (Phi) is 4.73. The maximum Gasteiger partial charge on any atom is 0.358 e. The summed E-state index contributed by atoms with van der Waals surface area (Å²) in [5.41, 5.74) is 1.17. The standard InChI is InChI=1S/C11H16N2O4S3/c1-17-9(14)8-10(19-7-12-8)20(15,16)13-6-11(18-2)4-3-5-11/h7,13H,3-6H2,1-2H3. The van der Waals surface area contributed by atoms with Gasteiger partial charge in [0.25, 0.3) is 10.0 Å². The van der Waals surface area contributed by atoms with Crippen molar-refractivity contribution in [2.24, 2.45) is 0 Å². The van der Waals surface area contributed by atoms with Crippen molar-refractivity contribution in [3.05, 3.63) is 11.2 Å². The summed E-state index contributed by atoms with van der Waals surface area (Å²) in [6, 6.07) is 0. The van der Waals surface area contributed by atoms with Crippen molar-refractivity contribution in [3.63, 3.8) is 0 Å². The van der Waals surface area contributed by atoms with Crippen LogP contribution in [-0.4, -0.2) is 44.0 Å². The Morgan fingerprint density at radius 1 is 1.60 bits per heavy atom. The molecule has 20 heavy (non-hydrogen) atoms. The lowest BCUT2D eigenvalue weighted by molar-refractivity contribution is 0.0590. The van der Waals surface area contributed by atoms with Crippen molar-refractivity contribution in [3.8, 4) is 0 Å². The van der Waals surface area contributed by atoms with Gasteiger partial charge in [0.1, 0.15) is 0 Å². The molecule has 6 nitrogen and oxygen atoms in total. The number of nitrogens with zero attached hydrogens (tertiary/aromatic N) is 1. The Balaban J connectivity index is 2.15. The first kappa shape index (κ1) is 15.7. The maximum atomic E-state index is 12.3. The van der Waals surface area contributed by atoms with Crippen LogP contribution in [0.4, 0.5) is 0 Å². The third-order valence-corrected chi connectivity index (χ3v) is 7.63. The van der Waals surface area contributed by atoms with Gasteiger partial charge in [0.05, 0.1) is 12.6 Å². The van der Waals surface area contributed by atoms with Crippen LogP contribution in [0.1, 0.15) is 29.8 Å². The molecule has 0 unspecified atom stereocenters. The van der Waals surface area contributed by atoms with Crippen molar-refractivity contribution >= 4 is 39.1 Å². The van der Waals surface area contributed by atoms with Crippen LogP contribution in [0.15, 0.2) is 9.72 Å². The summed E-state index contributed by atoms with van der Waals surface area (Å²) in [6.45, 7) is 0.370. The molecule has 0 radical (unpaired) electrons. The molecule has 1 heterocycles. The van der Waals surface area contributed by atoms with Crippen LogP contribution < -0.4 is 4.72 Å². The Hall–Kier alpha value is -0.640. The minimum Gasteiger partial charge on any atom is -0.464 e. The Morgan fingerprint density at radius 2 is 2.30 bits per heavy atom. The van der Waals surface area contributed by atoms with Gasteiger partial charge in [0, 0.05) is 11.3 Å². The summed E-state index contributed by atoms with van der Waals surface area (Å²) >= 11 is 2.60. The largest absolute Gasteiger partial charge is 0.464 e. The van der Waals surface area contributed by atoms with Gasteiger partial charge in [0.15, 0.2) is 9.90 Å². The molecule has 1 aliphatic rings. The molecule has 0 aliphatic heterocycles. The smallest absolute Gasteiger partial charge is 0.358 e. The molecule has 0 atom stereocenters. The Labute approximate surface area is 126 Å². The first-order valence-corrected chi connectivity index (χ1v) is 9.59.